The first-order valence-corrected chi connectivity index (χ1v) is 10.7. The summed E-state index contributed by atoms with van der Waals surface area (Å²) in [4.78, 5) is 48.2. The van der Waals surface area contributed by atoms with Crippen LogP contribution in [0.3, 0.4) is 0 Å². The number of carbonyl (C=O) groups excluding carboxylic acids is 4. The van der Waals surface area contributed by atoms with Crippen molar-refractivity contribution in [3.63, 3.8) is 0 Å². The number of amides is 3. The van der Waals surface area contributed by atoms with E-state index in [0.29, 0.717) is 28.4 Å². The molecule has 0 aliphatic heterocycles. The Morgan fingerprint density at radius 1 is 0.778 bits per heavy atom. The number of hydrogen-bond acceptors (Lipinski definition) is 7. The van der Waals surface area contributed by atoms with E-state index in [-0.39, 0.29) is 17.9 Å². The smallest absolute Gasteiger partial charge is 0.338 e. The van der Waals surface area contributed by atoms with E-state index < -0.39 is 24.4 Å². The lowest BCUT2D eigenvalue weighted by atomic mass is 10.2. The summed E-state index contributed by atoms with van der Waals surface area (Å²) in [6.45, 7) is -0.518. The van der Waals surface area contributed by atoms with Gasteiger partial charge in [0, 0.05) is 16.9 Å². The second-order valence-electron chi connectivity index (χ2n) is 7.32. The molecule has 36 heavy (non-hydrogen) atoms. The Morgan fingerprint density at radius 2 is 1.36 bits per heavy atom. The van der Waals surface area contributed by atoms with Crippen LogP contribution in [0.4, 0.5) is 17.1 Å². The second-order valence-corrected chi connectivity index (χ2v) is 7.32. The van der Waals surface area contributed by atoms with Crippen molar-refractivity contribution in [3.8, 4) is 11.8 Å². The molecule has 0 radical (unpaired) electrons. The van der Waals surface area contributed by atoms with Crippen molar-refractivity contribution in [2.75, 3.05) is 29.7 Å². The average Bonchev–Trinajstić information content (AvgIpc) is 2.88. The normalized spacial score (nSPS) is 9.89. The van der Waals surface area contributed by atoms with Crippen molar-refractivity contribution in [3.05, 3.63) is 83.9 Å². The van der Waals surface area contributed by atoms with E-state index in [4.69, 9.17) is 14.7 Å². The molecule has 10 nitrogen and oxygen atoms in total. The summed E-state index contributed by atoms with van der Waals surface area (Å²) < 4.78 is 10.2. The fourth-order valence-corrected chi connectivity index (χ4v) is 3.03. The lowest BCUT2D eigenvalue weighted by Crippen LogP contribution is -2.21. The topological polar surface area (TPSA) is 147 Å². The Hall–Kier alpha value is -5.17. The van der Waals surface area contributed by atoms with E-state index >= 15 is 0 Å². The number of para-hydroxylation sites is 2. The van der Waals surface area contributed by atoms with Crippen LogP contribution < -0.4 is 20.7 Å². The third-order valence-corrected chi connectivity index (χ3v) is 4.76. The number of hydrogen-bond donors (Lipinski definition) is 3. The molecular formula is C26H22N4O6. The molecule has 0 aromatic heterocycles. The Labute approximate surface area is 206 Å². The van der Waals surface area contributed by atoms with E-state index in [1.165, 1.54) is 31.4 Å². The number of nitrogens with zero attached hydrogens (tertiary/aromatic N) is 1. The molecule has 10 heteroatoms. The maximum absolute atomic E-state index is 12.5. The first kappa shape index (κ1) is 25.5. The number of rotatable bonds is 9. The Kier molecular flexibility index (Phi) is 8.72. The van der Waals surface area contributed by atoms with Crippen molar-refractivity contribution in [2.24, 2.45) is 0 Å². The van der Waals surface area contributed by atoms with E-state index in [2.05, 4.69) is 16.0 Å². The molecule has 3 rings (SSSR count). The molecular weight excluding hydrogens is 464 g/mol. The quantitative estimate of drug-likeness (QED) is 0.392. The summed E-state index contributed by atoms with van der Waals surface area (Å²) in [6, 6.07) is 20.8. The number of nitriles is 1. The number of methoxy groups -OCH3 is 1. The first-order valence-electron chi connectivity index (χ1n) is 10.7. The van der Waals surface area contributed by atoms with Crippen molar-refractivity contribution < 1.29 is 28.7 Å². The summed E-state index contributed by atoms with van der Waals surface area (Å²) in [5.41, 5.74) is 1.93. The molecule has 0 unspecified atom stereocenters. The third kappa shape index (κ3) is 7.16. The maximum atomic E-state index is 12.5. The van der Waals surface area contributed by atoms with Crippen LogP contribution in [0, 0.1) is 11.3 Å². The summed E-state index contributed by atoms with van der Waals surface area (Å²) in [6.07, 6.45) is -0.280. The van der Waals surface area contributed by atoms with Gasteiger partial charge in [0.05, 0.1) is 24.4 Å². The van der Waals surface area contributed by atoms with Gasteiger partial charge in [-0.25, -0.2) is 4.79 Å². The number of ether oxygens (including phenoxy) is 2. The van der Waals surface area contributed by atoms with Crippen molar-refractivity contribution >= 4 is 40.8 Å². The number of nitrogens with one attached hydrogen (secondary N) is 3. The lowest BCUT2D eigenvalue weighted by Gasteiger charge is -2.10. The summed E-state index contributed by atoms with van der Waals surface area (Å²) in [7, 11) is 1.51. The molecule has 3 amide bonds. The van der Waals surface area contributed by atoms with Crippen molar-refractivity contribution in [1.29, 1.82) is 5.26 Å². The Bertz CT molecular complexity index is 1300. The highest BCUT2D eigenvalue weighted by atomic mass is 16.5. The Balaban J connectivity index is 1.48. The van der Waals surface area contributed by atoms with Gasteiger partial charge in [-0.1, -0.05) is 12.1 Å². The van der Waals surface area contributed by atoms with Gasteiger partial charge in [-0.15, -0.1) is 0 Å². The molecule has 0 fully saturated rings. The van der Waals surface area contributed by atoms with Crippen LogP contribution in [0.2, 0.25) is 0 Å². The number of anilines is 3. The van der Waals surface area contributed by atoms with Crippen LogP contribution in [0.1, 0.15) is 27.1 Å². The summed E-state index contributed by atoms with van der Waals surface area (Å²) >= 11 is 0. The van der Waals surface area contributed by atoms with Gasteiger partial charge in [0.1, 0.15) is 12.2 Å². The minimum absolute atomic E-state index is 0.187. The molecule has 0 aliphatic carbocycles. The number of esters is 1. The van der Waals surface area contributed by atoms with Crippen molar-refractivity contribution in [2.45, 2.75) is 6.42 Å². The molecule has 0 heterocycles. The van der Waals surface area contributed by atoms with Crippen LogP contribution >= 0.6 is 0 Å². The van der Waals surface area contributed by atoms with Crippen molar-refractivity contribution in [1.82, 2.24) is 0 Å². The van der Waals surface area contributed by atoms with Gasteiger partial charge in [-0.2, -0.15) is 5.26 Å². The highest BCUT2D eigenvalue weighted by molar-refractivity contribution is 6.05. The zero-order valence-corrected chi connectivity index (χ0v) is 19.2. The van der Waals surface area contributed by atoms with Gasteiger partial charge in [-0.05, 0) is 60.7 Å². The SMILES string of the molecule is COc1ccccc1NC(=O)c1ccc(NC(=O)COC(=O)c2ccc(NC(=O)CC#N)cc2)cc1. The van der Waals surface area contributed by atoms with Crippen LogP contribution in [0.5, 0.6) is 5.75 Å². The molecule has 3 N–H and O–H groups in total. The predicted molar refractivity (Wildman–Crippen MR) is 132 cm³/mol. The van der Waals surface area contributed by atoms with E-state index in [9.17, 15) is 19.2 Å². The molecule has 0 aliphatic rings. The standard InChI is InChI=1S/C26H22N4O6/c1-35-22-5-3-2-4-21(22)30-25(33)17-6-10-20(11-7-17)29-24(32)16-36-26(34)18-8-12-19(13-9-18)28-23(31)14-15-27/h2-13H,14,16H2,1H3,(H,28,31)(H,29,32)(H,30,33). The summed E-state index contributed by atoms with van der Waals surface area (Å²) in [5, 5.41) is 16.4. The molecule has 0 saturated carbocycles. The molecule has 0 atom stereocenters. The van der Waals surface area contributed by atoms with Crippen LogP contribution in [-0.4, -0.2) is 37.4 Å². The van der Waals surface area contributed by atoms with Gasteiger partial charge >= 0.3 is 5.97 Å². The largest absolute Gasteiger partial charge is 0.495 e. The molecule has 3 aromatic rings. The van der Waals surface area contributed by atoms with Gasteiger partial charge in [-0.3, -0.25) is 14.4 Å². The second kappa shape index (κ2) is 12.3. The molecule has 3 aromatic carbocycles. The number of benzene rings is 3. The van der Waals surface area contributed by atoms with E-state index in [0.717, 1.165) is 0 Å². The molecule has 0 saturated heterocycles. The predicted octanol–water partition coefficient (Wildman–Crippen LogP) is 3.60. The minimum Gasteiger partial charge on any atom is -0.495 e. The lowest BCUT2D eigenvalue weighted by molar-refractivity contribution is -0.119. The van der Waals surface area contributed by atoms with Crippen LogP contribution in [0.25, 0.3) is 0 Å². The highest BCUT2D eigenvalue weighted by Crippen LogP contribution is 2.24. The molecule has 0 bridgehead atoms. The fraction of sp³-hybridized carbons (Fsp3) is 0.115. The Morgan fingerprint density at radius 3 is 1.97 bits per heavy atom. The maximum Gasteiger partial charge on any atom is 0.338 e. The highest BCUT2D eigenvalue weighted by Gasteiger charge is 2.13. The minimum atomic E-state index is -0.719. The zero-order chi connectivity index (χ0) is 25.9. The number of carbonyl (C=O) groups is 4. The van der Waals surface area contributed by atoms with E-state index in [1.807, 2.05) is 0 Å². The molecule has 182 valence electrons. The average molecular weight is 486 g/mol. The molecule has 0 spiro atoms. The van der Waals surface area contributed by atoms with Gasteiger partial charge in [0.15, 0.2) is 6.61 Å². The third-order valence-electron chi connectivity index (χ3n) is 4.76. The fourth-order valence-electron chi connectivity index (χ4n) is 3.03. The van der Waals surface area contributed by atoms with Gasteiger partial charge in [0.2, 0.25) is 5.91 Å². The van der Waals surface area contributed by atoms with Gasteiger partial charge in [0.25, 0.3) is 11.8 Å². The zero-order valence-electron chi connectivity index (χ0n) is 19.2. The van der Waals surface area contributed by atoms with E-state index in [1.54, 1.807) is 54.6 Å². The van der Waals surface area contributed by atoms with Crippen LogP contribution in [0.15, 0.2) is 72.8 Å². The first-order chi connectivity index (χ1) is 17.4. The monoisotopic (exact) mass is 486 g/mol. The van der Waals surface area contributed by atoms with Gasteiger partial charge < -0.3 is 25.4 Å². The summed E-state index contributed by atoms with van der Waals surface area (Å²) in [5.74, 6) is -1.56. The van der Waals surface area contributed by atoms with Crippen LogP contribution in [-0.2, 0) is 14.3 Å².